The number of carbonyl (C=O) groups excluding carboxylic acids is 1. The summed E-state index contributed by atoms with van der Waals surface area (Å²) < 4.78 is 5.55. The Balaban J connectivity index is 2.43. The van der Waals surface area contributed by atoms with E-state index in [1.54, 1.807) is 12.1 Å². The molecule has 0 heterocycles. The molecule has 0 fully saturated rings. The number of hydrogen-bond donors (Lipinski definition) is 2. The third kappa shape index (κ3) is 3.13. The lowest BCUT2D eigenvalue weighted by Crippen LogP contribution is -2.38. The van der Waals surface area contributed by atoms with E-state index in [-0.39, 0.29) is 0 Å². The third-order valence-corrected chi connectivity index (χ3v) is 3.15. The van der Waals surface area contributed by atoms with Crippen LogP contribution in [0, 0.1) is 0 Å². The third-order valence-electron chi connectivity index (χ3n) is 3.15. The number of carboxylic acid groups (broad SMARTS) is 1. The second-order valence-corrected chi connectivity index (χ2v) is 4.62. The summed E-state index contributed by atoms with van der Waals surface area (Å²) in [5.74, 6) is -0.779. The molecule has 2 aromatic carbocycles. The summed E-state index contributed by atoms with van der Waals surface area (Å²) in [6.07, 6.45) is 0. The maximum atomic E-state index is 12.2. The van der Waals surface area contributed by atoms with Crippen molar-refractivity contribution in [1.82, 2.24) is 5.32 Å². The summed E-state index contributed by atoms with van der Waals surface area (Å²) in [7, 11) is 0. The molecule has 2 aromatic rings. The molecule has 0 aliphatic heterocycles. The zero-order valence-electron chi connectivity index (χ0n) is 11.9. The van der Waals surface area contributed by atoms with E-state index in [0.29, 0.717) is 17.9 Å². The van der Waals surface area contributed by atoms with E-state index in [4.69, 9.17) is 9.84 Å². The fourth-order valence-corrected chi connectivity index (χ4v) is 2.09. The molecule has 1 amide bonds. The topological polar surface area (TPSA) is 75.6 Å². The number of benzene rings is 2. The average Bonchev–Trinajstić information content (AvgIpc) is 2.47. The van der Waals surface area contributed by atoms with E-state index in [9.17, 15) is 9.59 Å². The zero-order valence-corrected chi connectivity index (χ0v) is 11.9. The van der Waals surface area contributed by atoms with Crippen LogP contribution in [-0.2, 0) is 4.79 Å². The van der Waals surface area contributed by atoms with Crippen LogP contribution in [0.3, 0.4) is 0 Å². The summed E-state index contributed by atoms with van der Waals surface area (Å²) in [6.45, 7) is 3.85. The molecule has 1 unspecified atom stereocenters. The minimum atomic E-state index is -1.07. The van der Waals surface area contributed by atoms with E-state index < -0.39 is 17.9 Å². The minimum absolute atomic E-state index is 0.413. The van der Waals surface area contributed by atoms with Crippen molar-refractivity contribution < 1.29 is 19.4 Å². The van der Waals surface area contributed by atoms with E-state index in [1.807, 2.05) is 31.2 Å². The molecule has 5 nitrogen and oxygen atoms in total. The Kier molecular flexibility index (Phi) is 4.42. The number of ether oxygens (including phenoxy) is 1. The normalized spacial score (nSPS) is 11.9. The average molecular weight is 287 g/mol. The van der Waals surface area contributed by atoms with Gasteiger partial charge < -0.3 is 15.2 Å². The van der Waals surface area contributed by atoms with Crippen LogP contribution in [-0.4, -0.2) is 29.6 Å². The Bertz CT molecular complexity index is 681. The summed E-state index contributed by atoms with van der Waals surface area (Å²) in [5, 5.41) is 12.9. The van der Waals surface area contributed by atoms with Crippen molar-refractivity contribution in [3.63, 3.8) is 0 Å². The molecule has 0 bridgehead atoms. The van der Waals surface area contributed by atoms with E-state index >= 15 is 0 Å². The zero-order chi connectivity index (χ0) is 15.4. The van der Waals surface area contributed by atoms with Crippen molar-refractivity contribution in [2.75, 3.05) is 6.61 Å². The maximum Gasteiger partial charge on any atom is 0.325 e. The molecule has 5 heteroatoms. The number of nitrogens with one attached hydrogen (secondary N) is 1. The van der Waals surface area contributed by atoms with Gasteiger partial charge in [-0.1, -0.05) is 24.3 Å². The number of carbonyl (C=O) groups is 2. The highest BCUT2D eigenvalue weighted by molar-refractivity contribution is 6.09. The van der Waals surface area contributed by atoms with Gasteiger partial charge in [0.15, 0.2) is 0 Å². The molecule has 0 saturated carbocycles. The number of hydrogen-bond acceptors (Lipinski definition) is 3. The molecule has 0 saturated heterocycles. The predicted octanol–water partition coefficient (Wildman–Crippen LogP) is 2.44. The fourth-order valence-electron chi connectivity index (χ4n) is 2.09. The first-order valence-corrected chi connectivity index (χ1v) is 6.72. The number of fused-ring (bicyclic) bond motifs is 1. The number of rotatable bonds is 5. The first-order chi connectivity index (χ1) is 10.0. The molecular weight excluding hydrogens is 270 g/mol. The van der Waals surface area contributed by atoms with Crippen LogP contribution in [0.25, 0.3) is 10.8 Å². The molecule has 0 aromatic heterocycles. The summed E-state index contributed by atoms with van der Waals surface area (Å²) >= 11 is 0. The fraction of sp³-hybridized carbons (Fsp3) is 0.250. The SMILES string of the molecule is CCOc1ccc(C(=O)NC(C)C(=O)O)c2ccccc12. The molecule has 0 aliphatic rings. The molecule has 1 atom stereocenters. The quantitative estimate of drug-likeness (QED) is 0.885. The molecule has 0 radical (unpaired) electrons. The van der Waals surface area contributed by atoms with Gasteiger partial charge in [-0.3, -0.25) is 9.59 Å². The molecule has 2 N–H and O–H groups in total. The van der Waals surface area contributed by atoms with E-state index in [2.05, 4.69) is 5.32 Å². The highest BCUT2D eigenvalue weighted by Gasteiger charge is 2.18. The van der Waals surface area contributed by atoms with Crippen molar-refractivity contribution in [2.24, 2.45) is 0 Å². The van der Waals surface area contributed by atoms with Crippen molar-refractivity contribution in [3.8, 4) is 5.75 Å². The molecule has 2 rings (SSSR count). The predicted molar refractivity (Wildman–Crippen MR) is 79.7 cm³/mol. The van der Waals surface area contributed by atoms with Crippen molar-refractivity contribution in [2.45, 2.75) is 19.9 Å². The molecule has 0 spiro atoms. The Morgan fingerprint density at radius 2 is 1.86 bits per heavy atom. The van der Waals surface area contributed by atoms with Gasteiger partial charge in [0.1, 0.15) is 11.8 Å². The number of carboxylic acids is 1. The van der Waals surface area contributed by atoms with Gasteiger partial charge in [0.05, 0.1) is 6.61 Å². The van der Waals surface area contributed by atoms with Crippen LogP contribution in [0.15, 0.2) is 36.4 Å². The van der Waals surface area contributed by atoms with Gasteiger partial charge in [0, 0.05) is 10.9 Å². The van der Waals surface area contributed by atoms with E-state index in [1.165, 1.54) is 6.92 Å². The van der Waals surface area contributed by atoms with Gasteiger partial charge in [0.25, 0.3) is 5.91 Å². The van der Waals surface area contributed by atoms with Crippen LogP contribution in [0.4, 0.5) is 0 Å². The van der Waals surface area contributed by atoms with Crippen LogP contribution >= 0.6 is 0 Å². The van der Waals surface area contributed by atoms with Crippen LogP contribution in [0.2, 0.25) is 0 Å². The minimum Gasteiger partial charge on any atom is -0.493 e. The number of aliphatic carboxylic acids is 1. The summed E-state index contributed by atoms with van der Waals surface area (Å²) in [4.78, 5) is 23.1. The summed E-state index contributed by atoms with van der Waals surface area (Å²) in [5.41, 5.74) is 0.433. The molecular formula is C16H17NO4. The second-order valence-electron chi connectivity index (χ2n) is 4.62. The second kappa shape index (κ2) is 6.26. The molecule has 110 valence electrons. The van der Waals surface area contributed by atoms with Gasteiger partial charge in [-0.15, -0.1) is 0 Å². The van der Waals surface area contributed by atoms with Crippen molar-refractivity contribution in [3.05, 3.63) is 42.0 Å². The standard InChI is InChI=1S/C16H17NO4/c1-3-21-14-9-8-13(11-6-4-5-7-12(11)14)15(18)17-10(2)16(19)20/h4-10H,3H2,1-2H3,(H,17,18)(H,19,20). The van der Waals surface area contributed by atoms with Gasteiger partial charge >= 0.3 is 5.97 Å². The lowest BCUT2D eigenvalue weighted by atomic mass is 10.0. The van der Waals surface area contributed by atoms with Gasteiger partial charge in [-0.25, -0.2) is 0 Å². The Hall–Kier alpha value is -2.56. The first kappa shape index (κ1) is 14.8. The van der Waals surface area contributed by atoms with Crippen molar-refractivity contribution >= 4 is 22.6 Å². The molecule has 0 aliphatic carbocycles. The van der Waals surface area contributed by atoms with Crippen LogP contribution in [0.1, 0.15) is 24.2 Å². The van der Waals surface area contributed by atoms with E-state index in [0.717, 1.165) is 10.8 Å². The maximum absolute atomic E-state index is 12.2. The van der Waals surface area contributed by atoms with Gasteiger partial charge in [-0.05, 0) is 31.4 Å². The first-order valence-electron chi connectivity index (χ1n) is 6.72. The van der Waals surface area contributed by atoms with Gasteiger partial charge in [-0.2, -0.15) is 0 Å². The van der Waals surface area contributed by atoms with Crippen LogP contribution < -0.4 is 10.1 Å². The van der Waals surface area contributed by atoms with Crippen molar-refractivity contribution in [1.29, 1.82) is 0 Å². The summed E-state index contributed by atoms with van der Waals surface area (Å²) in [6, 6.07) is 9.82. The monoisotopic (exact) mass is 287 g/mol. The lowest BCUT2D eigenvalue weighted by Gasteiger charge is -2.13. The highest BCUT2D eigenvalue weighted by atomic mass is 16.5. The van der Waals surface area contributed by atoms with Gasteiger partial charge in [0.2, 0.25) is 0 Å². The smallest absolute Gasteiger partial charge is 0.325 e. The Morgan fingerprint density at radius 3 is 2.48 bits per heavy atom. The lowest BCUT2D eigenvalue weighted by molar-refractivity contribution is -0.138. The van der Waals surface area contributed by atoms with Crippen LogP contribution in [0.5, 0.6) is 5.75 Å². The largest absolute Gasteiger partial charge is 0.493 e. The Morgan fingerprint density at radius 1 is 1.19 bits per heavy atom. The Labute approximate surface area is 122 Å². The number of amides is 1. The highest BCUT2D eigenvalue weighted by Crippen LogP contribution is 2.28. The molecule has 21 heavy (non-hydrogen) atoms.